The van der Waals surface area contributed by atoms with E-state index in [1.54, 1.807) is 0 Å². The van der Waals surface area contributed by atoms with Crippen LogP contribution in [0.15, 0.2) is 0 Å². The van der Waals surface area contributed by atoms with Crippen molar-refractivity contribution in [1.29, 1.82) is 0 Å². The minimum absolute atomic E-state index is 0.118. The Kier molecular flexibility index (Phi) is 4.45. The van der Waals surface area contributed by atoms with Crippen LogP contribution in [0.5, 0.6) is 0 Å². The Bertz CT molecular complexity index is 244. The molecule has 2 saturated heterocycles. The number of ether oxygens (including phenoxy) is 2. The van der Waals surface area contributed by atoms with Gasteiger partial charge < -0.3 is 14.6 Å². The van der Waals surface area contributed by atoms with E-state index in [2.05, 4.69) is 13.8 Å². The van der Waals surface area contributed by atoms with Gasteiger partial charge in [0.25, 0.3) is 0 Å². The Morgan fingerprint density at radius 1 is 0.941 bits per heavy atom. The molecule has 0 aromatic rings. The van der Waals surface area contributed by atoms with Gasteiger partial charge >= 0.3 is 0 Å². The molecule has 1 saturated carbocycles. The first kappa shape index (κ1) is 13.3. The summed E-state index contributed by atoms with van der Waals surface area (Å²) in [4.78, 5) is 0. The van der Waals surface area contributed by atoms with Gasteiger partial charge in [0, 0.05) is 13.0 Å². The second-order valence-electron chi connectivity index (χ2n) is 5.67. The van der Waals surface area contributed by atoms with Gasteiger partial charge in [-0.2, -0.15) is 0 Å². The molecule has 0 spiro atoms. The highest BCUT2D eigenvalue weighted by atomic mass is 16.7. The normalized spacial score (nSPS) is 48.7. The molecule has 3 aliphatic rings. The lowest BCUT2D eigenvalue weighted by Crippen LogP contribution is -2.32. The summed E-state index contributed by atoms with van der Waals surface area (Å²) < 4.78 is 12.0. The summed E-state index contributed by atoms with van der Waals surface area (Å²) in [6.45, 7) is 4.42. The third kappa shape index (κ3) is 2.51. The van der Waals surface area contributed by atoms with Crippen LogP contribution in [0.3, 0.4) is 0 Å². The Labute approximate surface area is 104 Å². The molecule has 0 amide bonds. The van der Waals surface area contributed by atoms with Gasteiger partial charge in [-0.05, 0) is 51.4 Å². The van der Waals surface area contributed by atoms with Crippen LogP contribution < -0.4 is 0 Å². The molecule has 6 atom stereocenters. The van der Waals surface area contributed by atoms with Crippen molar-refractivity contribution in [3.8, 4) is 0 Å². The molecule has 3 fully saturated rings. The Morgan fingerprint density at radius 2 is 1.71 bits per heavy atom. The average Bonchev–Trinajstić information content (AvgIpc) is 2.57. The van der Waals surface area contributed by atoms with Gasteiger partial charge in [0.1, 0.15) is 0 Å². The van der Waals surface area contributed by atoms with Crippen LogP contribution in [-0.2, 0) is 9.47 Å². The molecule has 0 aromatic heterocycles. The summed E-state index contributed by atoms with van der Waals surface area (Å²) >= 11 is 0. The van der Waals surface area contributed by atoms with E-state index in [0.29, 0.717) is 18.1 Å². The van der Waals surface area contributed by atoms with Crippen LogP contribution in [0.4, 0.5) is 0 Å². The fourth-order valence-corrected chi connectivity index (χ4v) is 3.93. The van der Waals surface area contributed by atoms with Gasteiger partial charge in [-0.25, -0.2) is 0 Å². The van der Waals surface area contributed by atoms with Crippen molar-refractivity contribution in [2.75, 3.05) is 7.11 Å². The molecule has 6 unspecified atom stereocenters. The SMILES string of the molecule is CC1CCC2CCCC3C(C)OC(O1)C23.CO. The second-order valence-corrected chi connectivity index (χ2v) is 5.67. The lowest BCUT2D eigenvalue weighted by Gasteiger charge is -2.33. The highest BCUT2D eigenvalue weighted by Crippen LogP contribution is 2.49. The van der Waals surface area contributed by atoms with Gasteiger partial charge in [0.2, 0.25) is 0 Å². The maximum Gasteiger partial charge on any atom is 0.161 e. The van der Waals surface area contributed by atoms with E-state index >= 15 is 0 Å². The van der Waals surface area contributed by atoms with Crippen LogP contribution >= 0.6 is 0 Å². The predicted molar refractivity (Wildman–Crippen MR) is 66.6 cm³/mol. The Morgan fingerprint density at radius 3 is 2.47 bits per heavy atom. The molecule has 17 heavy (non-hydrogen) atoms. The van der Waals surface area contributed by atoms with E-state index in [9.17, 15) is 0 Å². The summed E-state index contributed by atoms with van der Waals surface area (Å²) in [5.41, 5.74) is 0. The predicted octanol–water partition coefficient (Wildman–Crippen LogP) is 2.57. The lowest BCUT2D eigenvalue weighted by molar-refractivity contribution is -0.168. The largest absolute Gasteiger partial charge is 0.400 e. The zero-order valence-corrected chi connectivity index (χ0v) is 11.3. The van der Waals surface area contributed by atoms with E-state index in [0.717, 1.165) is 18.9 Å². The van der Waals surface area contributed by atoms with E-state index in [1.807, 2.05) is 0 Å². The number of aliphatic hydroxyl groups excluding tert-OH is 1. The smallest absolute Gasteiger partial charge is 0.161 e. The van der Waals surface area contributed by atoms with Gasteiger partial charge in [0.05, 0.1) is 12.2 Å². The number of hydrogen-bond acceptors (Lipinski definition) is 3. The van der Waals surface area contributed by atoms with Crippen LogP contribution in [0, 0.1) is 17.8 Å². The maximum absolute atomic E-state index is 7.00. The summed E-state index contributed by atoms with van der Waals surface area (Å²) in [7, 11) is 1.00. The second kappa shape index (κ2) is 5.68. The highest BCUT2D eigenvalue weighted by molar-refractivity contribution is 4.93. The van der Waals surface area contributed by atoms with Crippen LogP contribution in [0.25, 0.3) is 0 Å². The molecule has 2 aliphatic heterocycles. The van der Waals surface area contributed by atoms with E-state index in [4.69, 9.17) is 14.6 Å². The first-order valence-corrected chi connectivity index (χ1v) is 7.01. The molecule has 3 heteroatoms. The van der Waals surface area contributed by atoms with Gasteiger partial charge in [0.15, 0.2) is 6.29 Å². The minimum Gasteiger partial charge on any atom is -0.400 e. The third-order valence-electron chi connectivity index (χ3n) is 4.73. The fourth-order valence-electron chi connectivity index (χ4n) is 3.93. The molecule has 1 N–H and O–H groups in total. The number of hydrogen-bond donors (Lipinski definition) is 1. The average molecular weight is 242 g/mol. The molecule has 0 bridgehead atoms. The van der Waals surface area contributed by atoms with Crippen molar-refractivity contribution in [2.45, 2.75) is 64.4 Å². The first-order chi connectivity index (χ1) is 8.25. The summed E-state index contributed by atoms with van der Waals surface area (Å²) in [5.74, 6) is 2.36. The number of rotatable bonds is 0. The van der Waals surface area contributed by atoms with E-state index < -0.39 is 0 Å². The van der Waals surface area contributed by atoms with Gasteiger partial charge in [-0.15, -0.1) is 0 Å². The first-order valence-electron chi connectivity index (χ1n) is 7.01. The molecular formula is C14H26O3. The molecule has 3 nitrogen and oxygen atoms in total. The topological polar surface area (TPSA) is 38.7 Å². The minimum atomic E-state index is 0.118. The zero-order chi connectivity index (χ0) is 12.4. The van der Waals surface area contributed by atoms with E-state index in [1.165, 1.54) is 32.1 Å². The molecule has 3 rings (SSSR count). The summed E-state index contributed by atoms with van der Waals surface area (Å²) in [6.07, 6.45) is 7.69. The highest BCUT2D eigenvalue weighted by Gasteiger charge is 2.49. The van der Waals surface area contributed by atoms with Crippen molar-refractivity contribution < 1.29 is 14.6 Å². The maximum atomic E-state index is 7.00. The van der Waals surface area contributed by atoms with Gasteiger partial charge in [-0.1, -0.05) is 6.42 Å². The van der Waals surface area contributed by atoms with Gasteiger partial charge in [-0.3, -0.25) is 0 Å². The molecule has 1 aliphatic carbocycles. The monoisotopic (exact) mass is 242 g/mol. The number of aliphatic hydroxyl groups is 1. The van der Waals surface area contributed by atoms with Crippen molar-refractivity contribution in [3.05, 3.63) is 0 Å². The standard InChI is InChI=1S/C13H22O2.CH4O/c1-8-6-7-10-4-3-5-11-9(2)15-13(14-8)12(10)11;1-2/h8-13H,3-7H2,1-2H3;2H,1H3. The fraction of sp³-hybridized carbons (Fsp3) is 1.00. The molecule has 0 radical (unpaired) electrons. The quantitative estimate of drug-likeness (QED) is 0.709. The summed E-state index contributed by atoms with van der Waals surface area (Å²) in [5, 5.41) is 7.00. The summed E-state index contributed by atoms with van der Waals surface area (Å²) in [6, 6.07) is 0. The molecule has 100 valence electrons. The molecular weight excluding hydrogens is 216 g/mol. The van der Waals surface area contributed by atoms with Crippen molar-refractivity contribution in [1.82, 2.24) is 0 Å². The van der Waals surface area contributed by atoms with Crippen molar-refractivity contribution in [2.24, 2.45) is 17.8 Å². The van der Waals surface area contributed by atoms with Crippen LogP contribution in [-0.4, -0.2) is 30.7 Å². The third-order valence-corrected chi connectivity index (χ3v) is 4.73. The lowest BCUT2D eigenvalue weighted by atomic mass is 9.70. The zero-order valence-electron chi connectivity index (χ0n) is 11.3. The molecule has 2 heterocycles. The Balaban J connectivity index is 0.000000514. The van der Waals surface area contributed by atoms with Crippen LogP contribution in [0.2, 0.25) is 0 Å². The van der Waals surface area contributed by atoms with Crippen molar-refractivity contribution in [3.63, 3.8) is 0 Å². The Hall–Kier alpha value is -0.120. The molecule has 0 aromatic carbocycles. The van der Waals surface area contributed by atoms with Crippen molar-refractivity contribution >= 4 is 0 Å². The van der Waals surface area contributed by atoms with Crippen LogP contribution in [0.1, 0.15) is 46.0 Å². The van der Waals surface area contributed by atoms with E-state index in [-0.39, 0.29) is 6.29 Å².